The van der Waals surface area contributed by atoms with Gasteiger partial charge in [-0.2, -0.15) is 0 Å². The summed E-state index contributed by atoms with van der Waals surface area (Å²) in [6, 6.07) is 11.7. The van der Waals surface area contributed by atoms with Crippen molar-refractivity contribution in [1.29, 1.82) is 0 Å². The first-order valence-electron chi connectivity index (χ1n) is 6.49. The van der Waals surface area contributed by atoms with Crippen molar-refractivity contribution in [3.8, 4) is 11.5 Å². The Morgan fingerprint density at radius 3 is 2.67 bits per heavy atom. The van der Waals surface area contributed by atoms with Gasteiger partial charge in [0, 0.05) is 17.7 Å². The van der Waals surface area contributed by atoms with Crippen LogP contribution in [0.4, 0.5) is 5.69 Å². The molecule has 2 aromatic carbocycles. The highest BCUT2D eigenvalue weighted by Crippen LogP contribution is 2.35. The average molecular weight is 351 g/mol. The smallest absolute Gasteiger partial charge is 0.273 e. The predicted molar refractivity (Wildman–Crippen MR) is 84.5 cm³/mol. The van der Waals surface area contributed by atoms with Gasteiger partial charge in [0.05, 0.1) is 15.5 Å². The van der Waals surface area contributed by atoms with Crippen LogP contribution in [-0.4, -0.2) is 4.92 Å². The van der Waals surface area contributed by atoms with E-state index >= 15 is 0 Å². The Hall–Kier alpha value is -1.92. The zero-order valence-electron chi connectivity index (χ0n) is 11.5. The Labute approximate surface area is 131 Å². The summed E-state index contributed by atoms with van der Waals surface area (Å²) in [5.74, 6) is 0.994. The molecule has 0 aromatic heterocycles. The molecule has 2 aromatic rings. The van der Waals surface area contributed by atoms with Gasteiger partial charge in [-0.15, -0.1) is 0 Å². The van der Waals surface area contributed by atoms with Crippen LogP contribution in [0.3, 0.4) is 0 Å². The molecule has 0 aliphatic carbocycles. The maximum absolute atomic E-state index is 10.9. The third-order valence-corrected chi connectivity index (χ3v) is 3.76. The van der Waals surface area contributed by atoms with Crippen LogP contribution >= 0.6 is 15.9 Å². The SMILES string of the molecule is CC[C@H](N)c1ccccc1Oc1cc([N+](=O)[O-])ccc1Br. The summed E-state index contributed by atoms with van der Waals surface area (Å²) in [4.78, 5) is 10.4. The van der Waals surface area contributed by atoms with Crippen molar-refractivity contribution in [1.82, 2.24) is 0 Å². The Morgan fingerprint density at radius 1 is 1.29 bits per heavy atom. The summed E-state index contributed by atoms with van der Waals surface area (Å²) in [5, 5.41) is 10.9. The number of nitro benzene ring substituents is 1. The number of nitrogens with zero attached hydrogens (tertiary/aromatic N) is 1. The van der Waals surface area contributed by atoms with Crippen molar-refractivity contribution in [3.05, 3.63) is 62.6 Å². The number of benzene rings is 2. The normalized spacial score (nSPS) is 12.0. The minimum Gasteiger partial charge on any atom is -0.456 e. The molecule has 2 rings (SSSR count). The number of halogens is 1. The van der Waals surface area contributed by atoms with Crippen LogP contribution in [0.15, 0.2) is 46.9 Å². The number of ether oxygens (including phenoxy) is 1. The van der Waals surface area contributed by atoms with Crippen LogP contribution in [0.1, 0.15) is 24.9 Å². The molecule has 0 spiro atoms. The van der Waals surface area contributed by atoms with E-state index in [0.717, 1.165) is 12.0 Å². The minimum absolute atomic E-state index is 0.0227. The predicted octanol–water partition coefficient (Wildman–Crippen LogP) is 4.56. The third-order valence-electron chi connectivity index (χ3n) is 3.10. The molecular weight excluding hydrogens is 336 g/mol. The summed E-state index contributed by atoms with van der Waals surface area (Å²) in [5.41, 5.74) is 6.92. The third kappa shape index (κ3) is 3.59. The Bertz CT molecular complexity index is 661. The largest absolute Gasteiger partial charge is 0.456 e. The molecule has 0 aliphatic rings. The van der Waals surface area contributed by atoms with Crippen LogP contribution in [0.2, 0.25) is 0 Å². The van der Waals surface area contributed by atoms with Crippen molar-refractivity contribution in [3.63, 3.8) is 0 Å². The Morgan fingerprint density at radius 2 is 2.00 bits per heavy atom. The van der Waals surface area contributed by atoms with Gasteiger partial charge in [0.1, 0.15) is 11.5 Å². The number of hydrogen-bond donors (Lipinski definition) is 1. The van der Waals surface area contributed by atoms with Crippen LogP contribution in [0, 0.1) is 10.1 Å². The Balaban J connectivity index is 2.38. The molecule has 0 radical (unpaired) electrons. The van der Waals surface area contributed by atoms with Crippen molar-refractivity contribution in [2.75, 3.05) is 0 Å². The first-order valence-corrected chi connectivity index (χ1v) is 7.28. The summed E-state index contributed by atoms with van der Waals surface area (Å²) in [6.07, 6.45) is 0.774. The molecule has 0 saturated heterocycles. The molecule has 1 atom stereocenters. The Kier molecular flexibility index (Phi) is 4.93. The molecular formula is C15H15BrN2O3. The lowest BCUT2D eigenvalue weighted by molar-refractivity contribution is -0.384. The first kappa shape index (κ1) is 15.5. The summed E-state index contributed by atoms with van der Waals surface area (Å²) >= 11 is 3.34. The van der Waals surface area contributed by atoms with Crippen molar-refractivity contribution < 1.29 is 9.66 Å². The molecule has 0 bridgehead atoms. The number of rotatable bonds is 5. The zero-order chi connectivity index (χ0) is 15.4. The van der Waals surface area contributed by atoms with Crippen LogP contribution in [-0.2, 0) is 0 Å². The van der Waals surface area contributed by atoms with Gasteiger partial charge in [-0.1, -0.05) is 25.1 Å². The topological polar surface area (TPSA) is 78.4 Å². The number of non-ortho nitro benzene ring substituents is 1. The van der Waals surface area contributed by atoms with Gasteiger partial charge in [0.15, 0.2) is 0 Å². The molecule has 5 nitrogen and oxygen atoms in total. The fourth-order valence-electron chi connectivity index (χ4n) is 1.90. The minimum atomic E-state index is -0.455. The van der Waals surface area contributed by atoms with E-state index in [0.29, 0.717) is 16.0 Å². The van der Waals surface area contributed by atoms with E-state index in [9.17, 15) is 10.1 Å². The molecule has 0 aliphatic heterocycles. The van der Waals surface area contributed by atoms with Crippen LogP contribution < -0.4 is 10.5 Å². The number of nitrogens with two attached hydrogens (primary N) is 1. The first-order chi connectivity index (χ1) is 10.0. The lowest BCUT2D eigenvalue weighted by atomic mass is 10.0. The highest BCUT2D eigenvalue weighted by atomic mass is 79.9. The standard InChI is InChI=1S/C15H15BrN2O3/c1-2-13(17)11-5-3-4-6-14(11)21-15-9-10(18(19)20)7-8-12(15)16/h3-9,13H,2,17H2,1H3/t13-/m0/s1. The molecule has 6 heteroatoms. The molecule has 110 valence electrons. The van der Waals surface area contributed by atoms with E-state index in [1.807, 2.05) is 25.1 Å². The monoisotopic (exact) mass is 350 g/mol. The maximum atomic E-state index is 10.9. The number of hydrogen-bond acceptors (Lipinski definition) is 4. The maximum Gasteiger partial charge on any atom is 0.273 e. The molecule has 0 unspecified atom stereocenters. The molecule has 0 amide bonds. The van der Waals surface area contributed by atoms with Gasteiger partial charge in [0.25, 0.3) is 5.69 Å². The van der Waals surface area contributed by atoms with E-state index < -0.39 is 4.92 Å². The fourth-order valence-corrected chi connectivity index (χ4v) is 2.23. The van der Waals surface area contributed by atoms with Gasteiger partial charge in [-0.3, -0.25) is 10.1 Å². The highest BCUT2D eigenvalue weighted by molar-refractivity contribution is 9.10. The second-order valence-electron chi connectivity index (χ2n) is 4.53. The van der Waals surface area contributed by atoms with Gasteiger partial charge in [0.2, 0.25) is 0 Å². The second kappa shape index (κ2) is 6.69. The van der Waals surface area contributed by atoms with Gasteiger partial charge >= 0.3 is 0 Å². The van der Waals surface area contributed by atoms with Gasteiger partial charge in [-0.25, -0.2) is 0 Å². The molecule has 0 heterocycles. The number of nitro groups is 1. The number of para-hydroxylation sites is 1. The summed E-state index contributed by atoms with van der Waals surface area (Å²) in [6.45, 7) is 1.99. The quantitative estimate of drug-likeness (QED) is 0.633. The average Bonchev–Trinajstić information content (AvgIpc) is 2.49. The molecule has 0 fully saturated rings. The van der Waals surface area contributed by atoms with Crippen molar-refractivity contribution in [2.45, 2.75) is 19.4 Å². The van der Waals surface area contributed by atoms with E-state index in [2.05, 4.69) is 15.9 Å². The van der Waals surface area contributed by atoms with Gasteiger partial charge in [-0.05, 0) is 34.5 Å². The zero-order valence-corrected chi connectivity index (χ0v) is 13.0. The van der Waals surface area contributed by atoms with Crippen LogP contribution in [0.5, 0.6) is 11.5 Å². The van der Waals surface area contributed by atoms with Gasteiger partial charge < -0.3 is 10.5 Å². The van der Waals surface area contributed by atoms with Crippen LogP contribution in [0.25, 0.3) is 0 Å². The summed E-state index contributed by atoms with van der Waals surface area (Å²) < 4.78 is 6.47. The second-order valence-corrected chi connectivity index (χ2v) is 5.38. The van der Waals surface area contributed by atoms with E-state index in [4.69, 9.17) is 10.5 Å². The van der Waals surface area contributed by atoms with E-state index in [-0.39, 0.29) is 11.7 Å². The van der Waals surface area contributed by atoms with E-state index in [1.54, 1.807) is 12.1 Å². The lowest BCUT2D eigenvalue weighted by Gasteiger charge is -2.16. The van der Waals surface area contributed by atoms with Crippen molar-refractivity contribution >= 4 is 21.6 Å². The van der Waals surface area contributed by atoms with Crippen molar-refractivity contribution in [2.24, 2.45) is 5.73 Å². The molecule has 2 N–H and O–H groups in total. The summed E-state index contributed by atoms with van der Waals surface area (Å²) in [7, 11) is 0. The van der Waals surface area contributed by atoms with E-state index in [1.165, 1.54) is 12.1 Å². The lowest BCUT2D eigenvalue weighted by Crippen LogP contribution is -2.09. The highest BCUT2D eigenvalue weighted by Gasteiger charge is 2.15. The fraction of sp³-hybridized carbons (Fsp3) is 0.200. The molecule has 21 heavy (non-hydrogen) atoms. The molecule has 0 saturated carbocycles.